The molecular weight excluding hydrogens is 354 g/mol. The van der Waals surface area contributed by atoms with Crippen LogP contribution in [-0.2, 0) is 4.79 Å². The fourth-order valence-corrected chi connectivity index (χ4v) is 4.73. The largest absolute Gasteiger partial charge is 0.353 e. The first-order valence-corrected chi connectivity index (χ1v) is 10.5. The predicted molar refractivity (Wildman–Crippen MR) is 102 cm³/mol. The van der Waals surface area contributed by atoms with E-state index in [2.05, 4.69) is 15.6 Å². The Morgan fingerprint density at radius 2 is 2.08 bits per heavy atom. The number of carbonyl (C=O) groups is 2. The van der Waals surface area contributed by atoms with Crippen LogP contribution in [-0.4, -0.2) is 29.4 Å². The molecule has 0 radical (unpaired) electrons. The molecule has 0 spiro atoms. The fourth-order valence-electron chi connectivity index (χ4n) is 3.03. The topological polar surface area (TPSA) is 71.1 Å². The van der Waals surface area contributed by atoms with Gasteiger partial charge in [0, 0.05) is 30.0 Å². The van der Waals surface area contributed by atoms with E-state index in [9.17, 15) is 9.59 Å². The van der Waals surface area contributed by atoms with Crippen molar-refractivity contribution in [3.63, 3.8) is 0 Å². The molecule has 2 heterocycles. The van der Waals surface area contributed by atoms with E-state index in [1.54, 1.807) is 11.3 Å². The maximum absolute atomic E-state index is 12.4. The van der Waals surface area contributed by atoms with Crippen LogP contribution in [0.2, 0.25) is 0 Å². The molecule has 1 aliphatic carbocycles. The van der Waals surface area contributed by atoms with Gasteiger partial charge in [-0.15, -0.1) is 11.3 Å². The zero-order chi connectivity index (χ0) is 17.6. The quantitative estimate of drug-likeness (QED) is 0.805. The lowest BCUT2D eigenvalue weighted by Crippen LogP contribution is -2.38. The van der Waals surface area contributed by atoms with Gasteiger partial charge in [0.05, 0.1) is 5.69 Å². The summed E-state index contributed by atoms with van der Waals surface area (Å²) in [6.07, 6.45) is 6.12. The number of thiazole rings is 1. The van der Waals surface area contributed by atoms with Crippen LogP contribution in [0, 0.1) is 6.92 Å². The van der Waals surface area contributed by atoms with Gasteiger partial charge in [-0.05, 0) is 31.2 Å². The molecule has 1 fully saturated rings. The Hall–Kier alpha value is -1.73. The van der Waals surface area contributed by atoms with Crippen LogP contribution in [0.3, 0.4) is 0 Å². The monoisotopic (exact) mass is 377 g/mol. The van der Waals surface area contributed by atoms with E-state index < -0.39 is 0 Å². The van der Waals surface area contributed by atoms with Crippen molar-refractivity contribution in [2.75, 3.05) is 6.54 Å². The van der Waals surface area contributed by atoms with Gasteiger partial charge in [-0.2, -0.15) is 11.3 Å². The van der Waals surface area contributed by atoms with Crippen molar-refractivity contribution < 1.29 is 9.59 Å². The van der Waals surface area contributed by atoms with E-state index in [1.807, 2.05) is 23.8 Å². The minimum atomic E-state index is -0.151. The minimum absolute atomic E-state index is 0.0205. The lowest BCUT2D eigenvalue weighted by Gasteiger charge is -2.22. The molecule has 0 bridgehead atoms. The van der Waals surface area contributed by atoms with E-state index in [0.717, 1.165) is 29.1 Å². The van der Waals surface area contributed by atoms with Crippen LogP contribution in [0.15, 0.2) is 16.8 Å². The lowest BCUT2D eigenvalue weighted by molar-refractivity contribution is -0.121. The second-order valence-electron chi connectivity index (χ2n) is 6.35. The molecule has 0 atom stereocenters. The second kappa shape index (κ2) is 8.58. The number of carbonyl (C=O) groups excluding carboxylic acids is 2. The summed E-state index contributed by atoms with van der Waals surface area (Å²) in [6, 6.07) is 2.31. The Labute approximate surface area is 155 Å². The van der Waals surface area contributed by atoms with E-state index in [4.69, 9.17) is 0 Å². The molecule has 2 amide bonds. The third-order valence-corrected chi connectivity index (χ3v) is 6.27. The number of hydrogen-bond acceptors (Lipinski definition) is 5. The first-order chi connectivity index (χ1) is 12.1. The average molecular weight is 378 g/mol. The van der Waals surface area contributed by atoms with Gasteiger partial charge in [-0.25, -0.2) is 4.98 Å². The van der Waals surface area contributed by atoms with Crippen LogP contribution in [0.5, 0.6) is 0 Å². The van der Waals surface area contributed by atoms with Crippen molar-refractivity contribution in [2.24, 2.45) is 0 Å². The molecule has 0 aliphatic heterocycles. The van der Waals surface area contributed by atoms with E-state index in [1.165, 1.54) is 30.6 Å². The maximum atomic E-state index is 12.4. The maximum Gasteiger partial charge on any atom is 0.263 e. The van der Waals surface area contributed by atoms with Crippen molar-refractivity contribution in [3.8, 4) is 10.6 Å². The van der Waals surface area contributed by atoms with Gasteiger partial charge in [0.25, 0.3) is 5.91 Å². The van der Waals surface area contributed by atoms with Crippen molar-refractivity contribution in [1.82, 2.24) is 15.6 Å². The van der Waals surface area contributed by atoms with Gasteiger partial charge in [-0.1, -0.05) is 19.3 Å². The van der Waals surface area contributed by atoms with Crippen molar-refractivity contribution in [1.29, 1.82) is 0 Å². The number of rotatable bonds is 6. The van der Waals surface area contributed by atoms with Crippen LogP contribution in [0.25, 0.3) is 10.6 Å². The predicted octanol–water partition coefficient (Wildman–Crippen LogP) is 3.75. The summed E-state index contributed by atoms with van der Waals surface area (Å²) in [5.41, 5.74) is 1.78. The molecule has 2 N–H and O–H groups in total. The van der Waals surface area contributed by atoms with E-state index in [0.29, 0.717) is 23.9 Å². The highest BCUT2D eigenvalue weighted by Crippen LogP contribution is 2.29. The summed E-state index contributed by atoms with van der Waals surface area (Å²) in [5, 5.41) is 10.8. The van der Waals surface area contributed by atoms with Crippen LogP contribution >= 0.6 is 22.7 Å². The molecule has 2 aromatic heterocycles. The van der Waals surface area contributed by atoms with Gasteiger partial charge in [-0.3, -0.25) is 9.59 Å². The third kappa shape index (κ3) is 4.89. The van der Waals surface area contributed by atoms with Gasteiger partial charge in [0.1, 0.15) is 9.88 Å². The van der Waals surface area contributed by atoms with Crippen LogP contribution in [0.1, 0.15) is 53.9 Å². The van der Waals surface area contributed by atoms with Gasteiger partial charge in [0.15, 0.2) is 0 Å². The summed E-state index contributed by atoms with van der Waals surface area (Å²) in [7, 11) is 0. The highest BCUT2D eigenvalue weighted by molar-refractivity contribution is 7.17. The Kier molecular flexibility index (Phi) is 6.20. The van der Waals surface area contributed by atoms with Crippen LogP contribution < -0.4 is 10.6 Å². The number of nitrogens with zero attached hydrogens (tertiary/aromatic N) is 1. The third-order valence-electron chi connectivity index (χ3n) is 4.38. The van der Waals surface area contributed by atoms with Crippen LogP contribution in [0.4, 0.5) is 0 Å². The summed E-state index contributed by atoms with van der Waals surface area (Å²) < 4.78 is 0. The molecular formula is C18H23N3O2S2. The number of hydrogen-bond donors (Lipinski definition) is 2. The standard InChI is InChI=1S/C18H23N3O2S2/c1-12-16(25-18(20-12)13-8-10-24-11-13)17(23)19-9-7-15(22)21-14-5-3-2-4-6-14/h8,10-11,14H,2-7,9H2,1H3,(H,19,23)(H,21,22). The molecule has 1 aliphatic rings. The molecule has 0 unspecified atom stereocenters. The SMILES string of the molecule is Cc1nc(-c2ccsc2)sc1C(=O)NCCC(=O)NC1CCCCC1. The Bertz CT molecular complexity index is 719. The number of amides is 2. The van der Waals surface area contributed by atoms with Crippen molar-refractivity contribution in [3.05, 3.63) is 27.4 Å². The smallest absolute Gasteiger partial charge is 0.263 e. The molecule has 134 valence electrons. The fraction of sp³-hybridized carbons (Fsp3) is 0.500. The van der Waals surface area contributed by atoms with Gasteiger partial charge >= 0.3 is 0 Å². The lowest BCUT2D eigenvalue weighted by atomic mass is 9.95. The molecule has 5 nitrogen and oxygen atoms in total. The Morgan fingerprint density at radius 1 is 1.28 bits per heavy atom. The normalized spacial score (nSPS) is 15.1. The minimum Gasteiger partial charge on any atom is -0.353 e. The zero-order valence-corrected chi connectivity index (χ0v) is 16.0. The van der Waals surface area contributed by atoms with Gasteiger partial charge < -0.3 is 10.6 Å². The first kappa shape index (κ1) is 18.1. The first-order valence-electron chi connectivity index (χ1n) is 8.71. The summed E-state index contributed by atoms with van der Waals surface area (Å²) in [6.45, 7) is 2.19. The number of thiophene rings is 1. The second-order valence-corrected chi connectivity index (χ2v) is 8.13. The van der Waals surface area contributed by atoms with Crippen molar-refractivity contribution >= 4 is 34.5 Å². The molecule has 0 aromatic carbocycles. The molecule has 2 aromatic rings. The number of nitrogens with one attached hydrogen (secondary N) is 2. The van der Waals surface area contributed by atoms with E-state index >= 15 is 0 Å². The highest BCUT2D eigenvalue weighted by atomic mass is 32.1. The highest BCUT2D eigenvalue weighted by Gasteiger charge is 2.18. The summed E-state index contributed by atoms with van der Waals surface area (Å²) in [5.74, 6) is -0.130. The van der Waals surface area contributed by atoms with Gasteiger partial charge in [0.2, 0.25) is 5.91 Å². The molecule has 3 rings (SSSR count). The Morgan fingerprint density at radius 3 is 2.80 bits per heavy atom. The zero-order valence-electron chi connectivity index (χ0n) is 14.3. The molecule has 1 saturated carbocycles. The Balaban J connectivity index is 1.47. The van der Waals surface area contributed by atoms with E-state index in [-0.39, 0.29) is 11.8 Å². The number of aromatic nitrogens is 1. The molecule has 25 heavy (non-hydrogen) atoms. The molecule has 7 heteroatoms. The summed E-state index contributed by atoms with van der Waals surface area (Å²) >= 11 is 3.01. The average Bonchev–Trinajstić information content (AvgIpc) is 3.25. The summed E-state index contributed by atoms with van der Waals surface area (Å²) in [4.78, 5) is 29.4. The van der Waals surface area contributed by atoms with Crippen molar-refractivity contribution in [2.45, 2.75) is 51.5 Å². The number of aryl methyl sites for hydroxylation is 1. The molecule has 0 saturated heterocycles.